The number of benzene rings is 2. The number of fused-ring (bicyclic) bond motifs is 1. The molecule has 3 rings (SSSR count). The van der Waals surface area contributed by atoms with Crippen molar-refractivity contribution in [1.82, 2.24) is 15.0 Å². The number of carbonyl (C=O) groups is 1. The Balaban J connectivity index is 2.24. The summed E-state index contributed by atoms with van der Waals surface area (Å²) in [6.45, 7) is 1.27. The van der Waals surface area contributed by atoms with Crippen molar-refractivity contribution in [3.63, 3.8) is 0 Å². The predicted molar refractivity (Wildman–Crippen MR) is 72.2 cm³/mol. The maximum atomic E-state index is 11.5. The first kappa shape index (κ1) is 12.2. The first-order chi connectivity index (χ1) is 9.58. The van der Waals surface area contributed by atoms with E-state index in [1.165, 1.54) is 23.9 Å². The number of nitrogens with zero attached hydrogens (tertiary/aromatic N) is 3. The van der Waals surface area contributed by atoms with Crippen molar-refractivity contribution in [2.24, 2.45) is 0 Å². The second kappa shape index (κ2) is 4.34. The molecule has 3 aromatic rings. The summed E-state index contributed by atoms with van der Waals surface area (Å²) < 4.78 is 0. The lowest BCUT2D eigenvalue weighted by Crippen LogP contribution is -2.03. The molecule has 0 saturated carbocycles. The van der Waals surface area contributed by atoms with E-state index < -0.39 is 5.78 Å². The summed E-state index contributed by atoms with van der Waals surface area (Å²) in [6.07, 6.45) is 0. The monoisotopic (exact) mass is 269 g/mol. The number of aromatic hydroxyl groups is 2. The van der Waals surface area contributed by atoms with Gasteiger partial charge in [-0.2, -0.15) is 0 Å². The molecule has 0 fully saturated rings. The summed E-state index contributed by atoms with van der Waals surface area (Å²) in [5.74, 6) is -1.04. The number of phenols is 2. The summed E-state index contributed by atoms with van der Waals surface area (Å²) in [5, 5.41) is 28.2. The fraction of sp³-hybridized carbons (Fsp3) is 0.0714. The smallest absolute Gasteiger partial charge is 0.167 e. The average Bonchev–Trinajstić information content (AvgIpc) is 2.81. The van der Waals surface area contributed by atoms with Gasteiger partial charge in [-0.25, -0.2) is 0 Å². The number of hydrogen-bond acceptors (Lipinski definition) is 5. The van der Waals surface area contributed by atoms with Crippen molar-refractivity contribution in [1.29, 1.82) is 0 Å². The van der Waals surface area contributed by atoms with Crippen LogP contribution in [-0.2, 0) is 0 Å². The maximum absolute atomic E-state index is 11.5. The Morgan fingerprint density at radius 3 is 2.20 bits per heavy atom. The Morgan fingerprint density at radius 2 is 1.65 bits per heavy atom. The molecule has 0 radical (unpaired) electrons. The minimum Gasteiger partial charge on any atom is -0.507 e. The third-order valence-electron chi connectivity index (χ3n) is 2.99. The molecule has 0 amide bonds. The van der Waals surface area contributed by atoms with Gasteiger partial charge in [-0.15, -0.1) is 15.0 Å². The van der Waals surface area contributed by atoms with Crippen LogP contribution < -0.4 is 0 Å². The molecule has 0 saturated heterocycles. The summed E-state index contributed by atoms with van der Waals surface area (Å²) in [7, 11) is 0. The zero-order valence-electron chi connectivity index (χ0n) is 10.6. The lowest BCUT2D eigenvalue weighted by Gasteiger charge is -2.08. The third kappa shape index (κ3) is 1.78. The van der Waals surface area contributed by atoms with E-state index in [-0.39, 0.29) is 22.7 Å². The lowest BCUT2D eigenvalue weighted by atomic mass is 10.1. The molecule has 0 atom stereocenters. The predicted octanol–water partition coefficient (Wildman–Crippen LogP) is 2.03. The number of aromatic nitrogens is 3. The molecule has 1 aromatic heterocycles. The SMILES string of the molecule is CC(=O)c1c(O)ccc(-n2nc3ccccc3n2)c1O. The van der Waals surface area contributed by atoms with Crippen LogP contribution in [0.4, 0.5) is 0 Å². The number of phenolic OH excluding ortho intramolecular Hbond substituents is 2. The van der Waals surface area contributed by atoms with E-state index in [9.17, 15) is 15.0 Å². The molecular weight excluding hydrogens is 258 g/mol. The van der Waals surface area contributed by atoms with Gasteiger partial charge in [0.25, 0.3) is 0 Å². The molecule has 2 aromatic carbocycles. The van der Waals surface area contributed by atoms with E-state index in [4.69, 9.17) is 0 Å². The Labute approximate surface area is 113 Å². The van der Waals surface area contributed by atoms with Crippen LogP contribution >= 0.6 is 0 Å². The quantitative estimate of drug-likeness (QED) is 0.695. The number of rotatable bonds is 2. The average molecular weight is 269 g/mol. The van der Waals surface area contributed by atoms with Gasteiger partial charge in [0, 0.05) is 0 Å². The molecule has 1 heterocycles. The zero-order chi connectivity index (χ0) is 14.3. The molecule has 6 nitrogen and oxygen atoms in total. The number of hydrogen-bond donors (Lipinski definition) is 2. The van der Waals surface area contributed by atoms with Gasteiger partial charge in [-0.1, -0.05) is 12.1 Å². The highest BCUT2D eigenvalue weighted by atomic mass is 16.3. The van der Waals surface area contributed by atoms with E-state index >= 15 is 0 Å². The maximum Gasteiger partial charge on any atom is 0.167 e. The fourth-order valence-corrected chi connectivity index (χ4v) is 2.05. The van der Waals surface area contributed by atoms with Crippen LogP contribution in [0.25, 0.3) is 16.7 Å². The van der Waals surface area contributed by atoms with Gasteiger partial charge >= 0.3 is 0 Å². The van der Waals surface area contributed by atoms with Crippen LogP contribution in [0.2, 0.25) is 0 Å². The summed E-state index contributed by atoms with van der Waals surface area (Å²) >= 11 is 0. The van der Waals surface area contributed by atoms with E-state index in [1.807, 2.05) is 12.1 Å². The molecule has 0 aliphatic rings. The standard InChI is InChI=1S/C14H11N3O3/c1-8(18)13-12(19)7-6-11(14(13)20)17-15-9-4-2-3-5-10(9)16-17/h2-7,19-20H,1H3. The van der Waals surface area contributed by atoms with Gasteiger partial charge in [0.2, 0.25) is 0 Å². The van der Waals surface area contributed by atoms with Crippen LogP contribution in [0.15, 0.2) is 36.4 Å². The second-order valence-electron chi connectivity index (χ2n) is 4.36. The largest absolute Gasteiger partial charge is 0.507 e. The third-order valence-corrected chi connectivity index (χ3v) is 2.99. The molecule has 2 N–H and O–H groups in total. The minimum atomic E-state index is -0.432. The topological polar surface area (TPSA) is 88.2 Å². The summed E-state index contributed by atoms with van der Waals surface area (Å²) in [5.41, 5.74) is 1.45. The zero-order valence-corrected chi connectivity index (χ0v) is 10.6. The van der Waals surface area contributed by atoms with Crippen molar-refractivity contribution < 1.29 is 15.0 Å². The van der Waals surface area contributed by atoms with Gasteiger partial charge in [0.05, 0.1) is 0 Å². The second-order valence-corrected chi connectivity index (χ2v) is 4.36. The Bertz CT molecular complexity index is 791. The van der Waals surface area contributed by atoms with Crippen molar-refractivity contribution >= 4 is 16.8 Å². The normalized spacial score (nSPS) is 10.8. The van der Waals surface area contributed by atoms with E-state index in [2.05, 4.69) is 10.2 Å². The van der Waals surface area contributed by atoms with E-state index in [0.717, 1.165) is 0 Å². The Kier molecular flexibility index (Phi) is 2.64. The minimum absolute atomic E-state index is 0.135. The fourth-order valence-electron chi connectivity index (χ4n) is 2.05. The van der Waals surface area contributed by atoms with Gasteiger partial charge in [0.1, 0.15) is 28.0 Å². The van der Waals surface area contributed by atoms with Crippen LogP contribution in [0.1, 0.15) is 17.3 Å². The molecule has 0 aliphatic heterocycles. The number of carbonyl (C=O) groups excluding carboxylic acids is 1. The van der Waals surface area contributed by atoms with Crippen molar-refractivity contribution in [2.45, 2.75) is 6.92 Å². The highest BCUT2D eigenvalue weighted by Gasteiger charge is 2.18. The van der Waals surface area contributed by atoms with Crippen LogP contribution in [0.5, 0.6) is 11.5 Å². The van der Waals surface area contributed by atoms with E-state index in [0.29, 0.717) is 11.0 Å². The highest BCUT2D eigenvalue weighted by molar-refractivity contribution is 6.00. The van der Waals surface area contributed by atoms with Gasteiger partial charge in [-0.05, 0) is 31.2 Å². The first-order valence-electron chi connectivity index (χ1n) is 5.96. The molecule has 6 heteroatoms. The van der Waals surface area contributed by atoms with Crippen molar-refractivity contribution in [2.75, 3.05) is 0 Å². The summed E-state index contributed by atoms with van der Waals surface area (Å²) in [4.78, 5) is 12.7. The van der Waals surface area contributed by atoms with Gasteiger partial charge < -0.3 is 10.2 Å². The molecule has 0 spiro atoms. The Morgan fingerprint density at radius 1 is 1.05 bits per heavy atom. The van der Waals surface area contributed by atoms with Gasteiger partial charge in [0.15, 0.2) is 11.5 Å². The van der Waals surface area contributed by atoms with E-state index in [1.54, 1.807) is 12.1 Å². The number of Topliss-reactive ketones (excluding diaryl/α,β-unsaturated/α-hetero) is 1. The molecule has 0 aliphatic carbocycles. The van der Waals surface area contributed by atoms with Crippen molar-refractivity contribution in [3.8, 4) is 17.2 Å². The van der Waals surface area contributed by atoms with Crippen LogP contribution in [0, 0.1) is 0 Å². The van der Waals surface area contributed by atoms with Crippen LogP contribution in [-0.4, -0.2) is 31.0 Å². The molecule has 100 valence electrons. The number of ketones is 1. The lowest BCUT2D eigenvalue weighted by molar-refractivity contribution is 0.101. The highest BCUT2D eigenvalue weighted by Crippen LogP contribution is 2.33. The molecule has 0 unspecified atom stereocenters. The molecule has 0 bridgehead atoms. The molecule has 20 heavy (non-hydrogen) atoms. The first-order valence-corrected chi connectivity index (χ1v) is 5.96. The van der Waals surface area contributed by atoms with Crippen LogP contribution in [0.3, 0.4) is 0 Å². The van der Waals surface area contributed by atoms with Crippen molar-refractivity contribution in [3.05, 3.63) is 42.0 Å². The Hall–Kier alpha value is -2.89. The molecular formula is C14H11N3O3. The van der Waals surface area contributed by atoms with Gasteiger partial charge in [-0.3, -0.25) is 4.79 Å². The summed E-state index contributed by atoms with van der Waals surface area (Å²) in [6, 6.07) is 10.0.